The van der Waals surface area contributed by atoms with Gasteiger partial charge in [0.15, 0.2) is 0 Å². The van der Waals surface area contributed by atoms with Crippen LogP contribution in [0.5, 0.6) is 0 Å². The van der Waals surface area contributed by atoms with Crippen LogP contribution in [0.25, 0.3) is 10.2 Å². The number of thiophene rings is 1. The van der Waals surface area contributed by atoms with Crippen LogP contribution in [0, 0.1) is 13.8 Å². The fraction of sp³-hybridized carbons (Fsp3) is 0.235. The van der Waals surface area contributed by atoms with Crippen LogP contribution < -0.4 is 5.32 Å². The van der Waals surface area contributed by atoms with Crippen LogP contribution >= 0.6 is 34.7 Å². The van der Waals surface area contributed by atoms with Crippen molar-refractivity contribution in [1.82, 2.24) is 15.3 Å². The van der Waals surface area contributed by atoms with Crippen LogP contribution in [-0.2, 0) is 11.3 Å². The zero-order valence-electron chi connectivity index (χ0n) is 13.3. The van der Waals surface area contributed by atoms with Gasteiger partial charge in [-0.3, -0.25) is 4.79 Å². The molecule has 0 aliphatic heterocycles. The van der Waals surface area contributed by atoms with E-state index in [4.69, 9.17) is 11.6 Å². The molecule has 0 aliphatic carbocycles. The van der Waals surface area contributed by atoms with Crippen LogP contribution in [-0.4, -0.2) is 21.6 Å². The maximum Gasteiger partial charge on any atom is 0.230 e. The second-order valence-corrected chi connectivity index (χ2v) is 7.94. The molecule has 0 saturated heterocycles. The van der Waals surface area contributed by atoms with Crippen LogP contribution in [0.3, 0.4) is 0 Å². The number of aromatic nitrogens is 2. The van der Waals surface area contributed by atoms with E-state index in [2.05, 4.69) is 29.1 Å². The monoisotopic (exact) mass is 377 g/mol. The zero-order chi connectivity index (χ0) is 17.1. The molecule has 0 bridgehead atoms. The highest BCUT2D eigenvalue weighted by atomic mass is 35.5. The van der Waals surface area contributed by atoms with E-state index < -0.39 is 0 Å². The van der Waals surface area contributed by atoms with Gasteiger partial charge < -0.3 is 5.32 Å². The van der Waals surface area contributed by atoms with Gasteiger partial charge in [0.1, 0.15) is 16.2 Å². The van der Waals surface area contributed by atoms with Gasteiger partial charge in [-0.1, -0.05) is 35.5 Å². The second kappa shape index (κ2) is 7.51. The molecule has 0 unspecified atom stereocenters. The van der Waals surface area contributed by atoms with E-state index in [9.17, 15) is 4.79 Å². The van der Waals surface area contributed by atoms with Gasteiger partial charge >= 0.3 is 0 Å². The second-order valence-electron chi connectivity index (χ2n) is 5.34. The number of aryl methyl sites for hydroxylation is 2. The Balaban J connectivity index is 1.62. The number of fused-ring (bicyclic) bond motifs is 1. The summed E-state index contributed by atoms with van der Waals surface area (Å²) >= 11 is 9.04. The van der Waals surface area contributed by atoms with E-state index in [-0.39, 0.29) is 5.91 Å². The summed E-state index contributed by atoms with van der Waals surface area (Å²) in [5.41, 5.74) is 2.17. The standard InChI is InChI=1S/C17H16ClN3OS2/c1-10-11(2)24-17-15(10)16(20-9-21-17)23-8-14(22)19-7-12-4-3-5-13(18)6-12/h3-6,9H,7-8H2,1-2H3,(H,19,22). The Morgan fingerprint density at radius 2 is 2.17 bits per heavy atom. The van der Waals surface area contributed by atoms with Gasteiger partial charge in [0, 0.05) is 21.8 Å². The van der Waals surface area contributed by atoms with Crippen LogP contribution in [0.1, 0.15) is 16.0 Å². The molecule has 0 atom stereocenters. The first-order valence-corrected chi connectivity index (χ1v) is 9.57. The molecule has 1 N–H and O–H groups in total. The minimum Gasteiger partial charge on any atom is -0.351 e. The van der Waals surface area contributed by atoms with Gasteiger partial charge in [-0.15, -0.1) is 11.3 Å². The molecule has 0 fully saturated rings. The Labute approximate surface area is 153 Å². The lowest BCUT2D eigenvalue weighted by molar-refractivity contribution is -0.118. The van der Waals surface area contributed by atoms with Crippen molar-refractivity contribution in [3.05, 3.63) is 51.6 Å². The SMILES string of the molecule is Cc1sc2ncnc(SCC(=O)NCc3cccc(Cl)c3)c2c1C. The van der Waals surface area contributed by atoms with Crippen molar-refractivity contribution in [2.45, 2.75) is 25.4 Å². The lowest BCUT2D eigenvalue weighted by atomic mass is 10.2. The van der Waals surface area contributed by atoms with Gasteiger partial charge in [0.05, 0.1) is 5.75 Å². The topological polar surface area (TPSA) is 54.9 Å². The molecule has 124 valence electrons. The fourth-order valence-electron chi connectivity index (χ4n) is 2.29. The number of hydrogen-bond acceptors (Lipinski definition) is 5. The van der Waals surface area contributed by atoms with E-state index in [0.717, 1.165) is 20.8 Å². The minimum atomic E-state index is -0.0312. The van der Waals surface area contributed by atoms with Gasteiger partial charge in [-0.2, -0.15) is 0 Å². The predicted molar refractivity (Wildman–Crippen MR) is 101 cm³/mol. The summed E-state index contributed by atoms with van der Waals surface area (Å²) in [6.07, 6.45) is 1.56. The van der Waals surface area contributed by atoms with Gasteiger partial charge in [0.25, 0.3) is 0 Å². The smallest absolute Gasteiger partial charge is 0.230 e. The highest BCUT2D eigenvalue weighted by Gasteiger charge is 2.13. The Morgan fingerprint density at radius 1 is 1.33 bits per heavy atom. The molecule has 0 spiro atoms. The summed E-state index contributed by atoms with van der Waals surface area (Å²) < 4.78 is 0. The van der Waals surface area contributed by atoms with Crippen molar-refractivity contribution < 1.29 is 4.79 Å². The average Bonchev–Trinajstić information content (AvgIpc) is 2.86. The third kappa shape index (κ3) is 3.88. The maximum absolute atomic E-state index is 12.1. The Kier molecular flexibility index (Phi) is 5.38. The van der Waals surface area contributed by atoms with Crippen molar-refractivity contribution in [3.8, 4) is 0 Å². The molecule has 2 heterocycles. The molecule has 0 saturated carbocycles. The molecule has 24 heavy (non-hydrogen) atoms. The van der Waals surface area contributed by atoms with Crippen LogP contribution in [0.2, 0.25) is 5.02 Å². The number of amides is 1. The quantitative estimate of drug-likeness (QED) is 0.530. The summed E-state index contributed by atoms with van der Waals surface area (Å²) in [7, 11) is 0. The van der Waals surface area contributed by atoms with Crippen molar-refractivity contribution in [2.24, 2.45) is 0 Å². The fourth-order valence-corrected chi connectivity index (χ4v) is 4.45. The molecule has 1 aromatic carbocycles. The summed E-state index contributed by atoms with van der Waals surface area (Å²) in [4.78, 5) is 23.0. The van der Waals surface area contributed by atoms with Crippen LogP contribution in [0.4, 0.5) is 0 Å². The molecule has 2 aromatic heterocycles. The first-order valence-electron chi connectivity index (χ1n) is 7.39. The number of rotatable bonds is 5. The zero-order valence-corrected chi connectivity index (χ0v) is 15.7. The number of carbonyl (C=O) groups is 1. The highest BCUT2D eigenvalue weighted by molar-refractivity contribution is 8.00. The lowest BCUT2D eigenvalue weighted by Crippen LogP contribution is -2.24. The summed E-state index contributed by atoms with van der Waals surface area (Å²) in [5.74, 6) is 0.289. The lowest BCUT2D eigenvalue weighted by Gasteiger charge is -2.06. The van der Waals surface area contributed by atoms with Gasteiger partial charge in [-0.05, 0) is 37.1 Å². The van der Waals surface area contributed by atoms with Crippen molar-refractivity contribution in [1.29, 1.82) is 0 Å². The largest absolute Gasteiger partial charge is 0.351 e. The molecule has 0 aliphatic rings. The number of nitrogens with zero attached hydrogens (tertiary/aromatic N) is 2. The third-order valence-electron chi connectivity index (χ3n) is 3.65. The third-order valence-corrected chi connectivity index (χ3v) is 5.99. The Bertz CT molecular complexity index is 895. The first-order chi connectivity index (χ1) is 11.5. The van der Waals surface area contributed by atoms with Gasteiger partial charge in [0.2, 0.25) is 5.91 Å². The normalized spacial score (nSPS) is 11.0. The molecule has 7 heteroatoms. The van der Waals surface area contributed by atoms with E-state index in [1.807, 2.05) is 24.3 Å². The van der Waals surface area contributed by atoms with E-state index in [1.165, 1.54) is 22.2 Å². The molecule has 0 radical (unpaired) electrons. The molecule has 3 aromatic rings. The number of thioether (sulfide) groups is 1. The van der Waals surface area contributed by atoms with E-state index >= 15 is 0 Å². The summed E-state index contributed by atoms with van der Waals surface area (Å²) in [5, 5.41) is 5.50. The van der Waals surface area contributed by atoms with Crippen molar-refractivity contribution in [2.75, 3.05) is 5.75 Å². The molecule has 1 amide bonds. The molecular weight excluding hydrogens is 362 g/mol. The number of nitrogens with one attached hydrogen (secondary N) is 1. The first kappa shape index (κ1) is 17.2. The van der Waals surface area contributed by atoms with Crippen LogP contribution in [0.15, 0.2) is 35.6 Å². The number of halogens is 1. The number of carbonyl (C=O) groups excluding carboxylic acids is 1. The average molecular weight is 378 g/mol. The maximum atomic E-state index is 12.1. The highest BCUT2D eigenvalue weighted by Crippen LogP contribution is 2.34. The van der Waals surface area contributed by atoms with Crippen molar-refractivity contribution >= 4 is 50.8 Å². The molecule has 3 rings (SSSR count). The summed E-state index contributed by atoms with van der Waals surface area (Å²) in [6, 6.07) is 7.47. The van der Waals surface area contributed by atoms with E-state index in [0.29, 0.717) is 17.3 Å². The molecular formula is C17H16ClN3OS2. The summed E-state index contributed by atoms with van der Waals surface area (Å²) in [6.45, 7) is 4.62. The van der Waals surface area contributed by atoms with Crippen molar-refractivity contribution in [3.63, 3.8) is 0 Å². The van der Waals surface area contributed by atoms with E-state index in [1.54, 1.807) is 17.7 Å². The predicted octanol–water partition coefficient (Wildman–Crippen LogP) is 4.37. The number of hydrogen-bond donors (Lipinski definition) is 1. The Hall–Kier alpha value is -1.63. The Morgan fingerprint density at radius 3 is 2.96 bits per heavy atom. The molecule has 4 nitrogen and oxygen atoms in total. The van der Waals surface area contributed by atoms with Gasteiger partial charge in [-0.25, -0.2) is 9.97 Å². The number of benzene rings is 1. The minimum absolute atomic E-state index is 0.0312.